The minimum absolute atomic E-state index is 0.0289. The van der Waals surface area contributed by atoms with Crippen molar-refractivity contribution >= 4 is 27.5 Å². The minimum atomic E-state index is -3.65. The highest BCUT2D eigenvalue weighted by Gasteiger charge is 2.16. The van der Waals surface area contributed by atoms with E-state index in [0.29, 0.717) is 5.02 Å². The van der Waals surface area contributed by atoms with Gasteiger partial charge in [-0.25, -0.2) is 13.1 Å². The number of hydrogen-bond acceptors (Lipinski definition) is 3. The van der Waals surface area contributed by atoms with Crippen LogP contribution in [0.2, 0.25) is 5.02 Å². The third-order valence-corrected chi connectivity index (χ3v) is 5.72. The van der Waals surface area contributed by atoms with Gasteiger partial charge in [-0.2, -0.15) is 0 Å². The summed E-state index contributed by atoms with van der Waals surface area (Å²) in [5.41, 5.74) is 2.19. The fourth-order valence-electron chi connectivity index (χ4n) is 2.48. The van der Waals surface area contributed by atoms with Gasteiger partial charge in [-0.1, -0.05) is 48.4 Å². The maximum absolute atomic E-state index is 12.2. The van der Waals surface area contributed by atoms with E-state index in [1.165, 1.54) is 24.3 Å². The van der Waals surface area contributed by atoms with Gasteiger partial charge in [0.1, 0.15) is 0 Å². The summed E-state index contributed by atoms with van der Waals surface area (Å²) in [4.78, 5) is 12.3. The van der Waals surface area contributed by atoms with Gasteiger partial charge in [0.15, 0.2) is 0 Å². The number of amides is 1. The summed E-state index contributed by atoms with van der Waals surface area (Å²) in [6.45, 7) is 4.03. The molecule has 0 aliphatic rings. The maximum atomic E-state index is 12.2. The van der Waals surface area contributed by atoms with Crippen molar-refractivity contribution in [3.05, 3.63) is 64.7 Å². The lowest BCUT2D eigenvalue weighted by molar-refractivity contribution is -0.121. The van der Waals surface area contributed by atoms with E-state index in [4.69, 9.17) is 11.6 Å². The molecule has 7 heteroatoms. The molecule has 1 amide bonds. The largest absolute Gasteiger partial charge is 0.349 e. The molecule has 2 N–H and O–H groups in total. The van der Waals surface area contributed by atoms with Gasteiger partial charge < -0.3 is 5.32 Å². The Kier molecular flexibility index (Phi) is 7.20. The molecule has 0 radical (unpaired) electrons. The Morgan fingerprint density at radius 1 is 1.08 bits per heavy atom. The molecule has 2 aromatic carbocycles. The van der Waals surface area contributed by atoms with Crippen LogP contribution in [0.5, 0.6) is 0 Å². The Hall–Kier alpha value is -1.89. The van der Waals surface area contributed by atoms with Crippen LogP contribution in [0, 0.1) is 6.92 Å². The molecule has 0 heterocycles. The predicted octanol–water partition coefficient (Wildman–Crippen LogP) is 3.58. The van der Waals surface area contributed by atoms with Crippen LogP contribution in [0.15, 0.2) is 53.4 Å². The topological polar surface area (TPSA) is 75.3 Å². The third-order valence-electron chi connectivity index (χ3n) is 3.99. The van der Waals surface area contributed by atoms with Crippen LogP contribution in [0.3, 0.4) is 0 Å². The van der Waals surface area contributed by atoms with Crippen molar-refractivity contribution in [2.24, 2.45) is 0 Å². The van der Waals surface area contributed by atoms with Crippen LogP contribution in [-0.2, 0) is 14.8 Å². The molecule has 0 saturated carbocycles. The number of rotatable bonds is 8. The van der Waals surface area contributed by atoms with Crippen LogP contribution in [0.4, 0.5) is 0 Å². The second kappa shape index (κ2) is 9.16. The molecule has 1 atom stereocenters. The van der Waals surface area contributed by atoms with Gasteiger partial charge in [0.2, 0.25) is 15.9 Å². The van der Waals surface area contributed by atoms with Crippen molar-refractivity contribution in [1.82, 2.24) is 10.0 Å². The summed E-state index contributed by atoms with van der Waals surface area (Å²) < 4.78 is 26.8. The van der Waals surface area contributed by atoms with E-state index in [9.17, 15) is 13.2 Å². The molecule has 2 aromatic rings. The number of benzene rings is 2. The first-order valence-corrected chi connectivity index (χ1v) is 10.3. The van der Waals surface area contributed by atoms with Crippen molar-refractivity contribution in [2.75, 3.05) is 6.54 Å². The van der Waals surface area contributed by atoms with E-state index in [-0.39, 0.29) is 29.8 Å². The van der Waals surface area contributed by atoms with Crippen molar-refractivity contribution in [3.63, 3.8) is 0 Å². The summed E-state index contributed by atoms with van der Waals surface area (Å²) in [6, 6.07) is 13.8. The molecule has 26 heavy (non-hydrogen) atoms. The van der Waals surface area contributed by atoms with Gasteiger partial charge in [0.05, 0.1) is 10.9 Å². The molecule has 0 spiro atoms. The first-order chi connectivity index (χ1) is 12.3. The summed E-state index contributed by atoms with van der Waals surface area (Å²) >= 11 is 5.76. The average Bonchev–Trinajstić information content (AvgIpc) is 2.61. The lowest BCUT2D eigenvalue weighted by atomic mass is 10.0. The highest BCUT2D eigenvalue weighted by molar-refractivity contribution is 7.89. The van der Waals surface area contributed by atoms with E-state index in [2.05, 4.69) is 10.0 Å². The zero-order chi connectivity index (χ0) is 19.2. The molecule has 0 fully saturated rings. The third kappa shape index (κ3) is 5.83. The molecule has 0 saturated heterocycles. The number of sulfonamides is 1. The first-order valence-electron chi connectivity index (χ1n) is 8.43. The monoisotopic (exact) mass is 394 g/mol. The normalized spacial score (nSPS) is 12.6. The molecule has 0 bridgehead atoms. The fraction of sp³-hybridized carbons (Fsp3) is 0.316. The highest BCUT2D eigenvalue weighted by Crippen LogP contribution is 2.17. The zero-order valence-corrected chi connectivity index (χ0v) is 16.4. The molecule has 0 aliphatic carbocycles. The summed E-state index contributed by atoms with van der Waals surface area (Å²) in [5, 5.41) is 3.41. The maximum Gasteiger partial charge on any atom is 0.240 e. The number of hydrogen-bond donors (Lipinski definition) is 2. The van der Waals surface area contributed by atoms with Gasteiger partial charge in [-0.15, -0.1) is 0 Å². The predicted molar refractivity (Wildman–Crippen MR) is 104 cm³/mol. The Morgan fingerprint density at radius 2 is 1.69 bits per heavy atom. The molecule has 5 nitrogen and oxygen atoms in total. The Balaban J connectivity index is 1.87. The van der Waals surface area contributed by atoms with Gasteiger partial charge in [-0.3, -0.25) is 4.79 Å². The molecule has 0 aromatic heterocycles. The molecule has 140 valence electrons. The number of aryl methyl sites for hydroxylation is 1. The quantitative estimate of drug-likeness (QED) is 0.718. The number of carbonyl (C=O) groups excluding carboxylic acids is 1. The second-order valence-corrected chi connectivity index (χ2v) is 8.24. The molecule has 2 rings (SSSR count). The van der Waals surface area contributed by atoms with E-state index >= 15 is 0 Å². The number of halogens is 1. The van der Waals surface area contributed by atoms with Crippen LogP contribution in [0.25, 0.3) is 0 Å². The summed E-state index contributed by atoms with van der Waals surface area (Å²) in [7, 11) is -3.65. The van der Waals surface area contributed by atoms with Gasteiger partial charge in [0, 0.05) is 18.0 Å². The standard InChI is InChI=1S/C19H23ClN2O3S/c1-3-18(15-6-4-14(2)5-7-15)22-19(23)12-13-21-26(24,25)17-10-8-16(20)9-11-17/h4-11,18,21H,3,12-13H2,1-2H3,(H,22,23)/t18-/m0/s1. The SMILES string of the molecule is CC[C@H](NC(=O)CCNS(=O)(=O)c1ccc(Cl)cc1)c1ccc(C)cc1. The Morgan fingerprint density at radius 3 is 2.27 bits per heavy atom. The zero-order valence-electron chi connectivity index (χ0n) is 14.8. The van der Waals surface area contributed by atoms with Crippen molar-refractivity contribution in [1.29, 1.82) is 0 Å². The van der Waals surface area contributed by atoms with Gasteiger partial charge in [0.25, 0.3) is 0 Å². The Bertz CT molecular complexity index is 834. The summed E-state index contributed by atoms with van der Waals surface area (Å²) in [5.74, 6) is -0.198. The average molecular weight is 395 g/mol. The number of carbonyl (C=O) groups is 1. The minimum Gasteiger partial charge on any atom is -0.349 e. The van der Waals surface area contributed by atoms with Gasteiger partial charge >= 0.3 is 0 Å². The van der Waals surface area contributed by atoms with Crippen LogP contribution in [-0.4, -0.2) is 20.9 Å². The van der Waals surface area contributed by atoms with Crippen molar-refractivity contribution in [3.8, 4) is 0 Å². The molecular formula is C19H23ClN2O3S. The highest BCUT2D eigenvalue weighted by atomic mass is 35.5. The Labute approximate surface area is 159 Å². The molecule has 0 aliphatic heterocycles. The smallest absolute Gasteiger partial charge is 0.240 e. The van der Waals surface area contributed by atoms with Crippen molar-refractivity contribution < 1.29 is 13.2 Å². The lowest BCUT2D eigenvalue weighted by Gasteiger charge is -2.18. The van der Waals surface area contributed by atoms with Gasteiger partial charge in [-0.05, 0) is 43.2 Å². The van der Waals surface area contributed by atoms with E-state index in [0.717, 1.165) is 17.5 Å². The fourth-order valence-corrected chi connectivity index (χ4v) is 3.64. The lowest BCUT2D eigenvalue weighted by Crippen LogP contribution is -2.32. The number of nitrogens with one attached hydrogen (secondary N) is 2. The first kappa shape index (κ1) is 20.4. The van der Waals surface area contributed by atoms with E-state index < -0.39 is 10.0 Å². The second-order valence-electron chi connectivity index (χ2n) is 6.04. The molecule has 0 unspecified atom stereocenters. The van der Waals surface area contributed by atoms with Crippen LogP contribution in [0.1, 0.15) is 36.9 Å². The van der Waals surface area contributed by atoms with Crippen LogP contribution < -0.4 is 10.0 Å². The summed E-state index contributed by atoms with van der Waals surface area (Å²) in [6.07, 6.45) is 0.820. The van der Waals surface area contributed by atoms with Crippen molar-refractivity contribution in [2.45, 2.75) is 37.6 Å². The van der Waals surface area contributed by atoms with E-state index in [1.54, 1.807) is 0 Å². The van der Waals surface area contributed by atoms with E-state index in [1.807, 2.05) is 38.1 Å². The molecular weight excluding hydrogens is 372 g/mol. The van der Waals surface area contributed by atoms with Crippen LogP contribution >= 0.6 is 11.6 Å².